The first kappa shape index (κ1) is 19.3. The minimum absolute atomic E-state index is 0. The standard InChI is InChI=1S/C18H17IN6O2.ClH/c1-11-15-7-25-18(13-6-12(19)2-3-14(13)24(15)10-20-11)21-16(22-25)8-23-4-5-27-9-17(23)26;/h2-3,6,10H,4-5,7-9H2,1H3;1H. The minimum atomic E-state index is -0.0184. The number of hydrogen-bond donors (Lipinski definition) is 0. The molecule has 2 aliphatic rings. The zero-order chi connectivity index (χ0) is 18.5. The van der Waals surface area contributed by atoms with Crippen molar-refractivity contribution >= 4 is 40.9 Å². The highest BCUT2D eigenvalue weighted by Crippen LogP contribution is 2.32. The third-order valence-corrected chi connectivity index (χ3v) is 5.64. The van der Waals surface area contributed by atoms with Crippen molar-refractivity contribution in [3.63, 3.8) is 0 Å². The Balaban J connectivity index is 0.00000192. The van der Waals surface area contributed by atoms with Gasteiger partial charge in [-0.3, -0.25) is 4.79 Å². The lowest BCUT2D eigenvalue weighted by molar-refractivity contribution is -0.143. The van der Waals surface area contributed by atoms with Crippen molar-refractivity contribution in [3.05, 3.63) is 45.3 Å². The molecular weight excluding hydrogens is 495 g/mol. The average Bonchev–Trinajstić information content (AvgIpc) is 3.18. The van der Waals surface area contributed by atoms with E-state index in [4.69, 9.17) is 14.8 Å². The van der Waals surface area contributed by atoms with Crippen LogP contribution in [0.25, 0.3) is 17.1 Å². The first-order valence-electron chi connectivity index (χ1n) is 8.72. The van der Waals surface area contributed by atoms with Crippen LogP contribution < -0.4 is 0 Å². The lowest BCUT2D eigenvalue weighted by atomic mass is 10.1. The van der Waals surface area contributed by atoms with Crippen LogP contribution in [0.3, 0.4) is 0 Å². The van der Waals surface area contributed by atoms with Crippen molar-refractivity contribution in [3.8, 4) is 17.1 Å². The summed E-state index contributed by atoms with van der Waals surface area (Å²) in [5.74, 6) is 1.45. The van der Waals surface area contributed by atoms with Gasteiger partial charge in [-0.25, -0.2) is 14.6 Å². The molecule has 4 heterocycles. The van der Waals surface area contributed by atoms with E-state index in [1.54, 1.807) is 4.90 Å². The fourth-order valence-corrected chi connectivity index (χ4v) is 4.05. The summed E-state index contributed by atoms with van der Waals surface area (Å²) in [7, 11) is 0. The van der Waals surface area contributed by atoms with Gasteiger partial charge in [0.05, 0.1) is 43.1 Å². The van der Waals surface area contributed by atoms with Crippen LogP contribution in [0, 0.1) is 10.5 Å². The molecule has 1 fully saturated rings. The zero-order valence-electron chi connectivity index (χ0n) is 15.1. The largest absolute Gasteiger partial charge is 0.370 e. The Bertz CT molecular complexity index is 1060. The Hall–Kier alpha value is -1.98. The average molecular weight is 513 g/mol. The maximum absolute atomic E-state index is 12.0. The van der Waals surface area contributed by atoms with Gasteiger partial charge in [0, 0.05) is 15.7 Å². The van der Waals surface area contributed by atoms with E-state index >= 15 is 0 Å². The SMILES string of the molecule is Cc1ncn2c1Cn1nc(CN3CCOCC3=O)nc1-c1cc(I)ccc1-2.Cl. The van der Waals surface area contributed by atoms with Gasteiger partial charge in [0.25, 0.3) is 0 Å². The number of amides is 1. The first-order valence-corrected chi connectivity index (χ1v) is 9.80. The Kier molecular flexibility index (Phi) is 5.15. The second-order valence-electron chi connectivity index (χ2n) is 6.69. The van der Waals surface area contributed by atoms with Crippen molar-refractivity contribution in [2.24, 2.45) is 0 Å². The maximum Gasteiger partial charge on any atom is 0.249 e. The predicted octanol–water partition coefficient (Wildman–Crippen LogP) is 2.19. The van der Waals surface area contributed by atoms with E-state index in [2.05, 4.69) is 50.3 Å². The molecule has 1 amide bonds. The number of hydrogen-bond acceptors (Lipinski definition) is 5. The van der Waals surface area contributed by atoms with Crippen LogP contribution in [0.4, 0.5) is 0 Å². The Morgan fingerprint density at radius 3 is 3.00 bits per heavy atom. The van der Waals surface area contributed by atoms with Crippen molar-refractivity contribution in [2.45, 2.75) is 20.0 Å². The van der Waals surface area contributed by atoms with Gasteiger partial charge in [0.1, 0.15) is 6.61 Å². The maximum atomic E-state index is 12.0. The molecule has 146 valence electrons. The van der Waals surface area contributed by atoms with E-state index in [9.17, 15) is 4.79 Å². The molecule has 0 saturated carbocycles. The van der Waals surface area contributed by atoms with Gasteiger partial charge in [-0.15, -0.1) is 12.4 Å². The molecule has 2 aliphatic heterocycles. The first-order chi connectivity index (χ1) is 13.1. The summed E-state index contributed by atoms with van der Waals surface area (Å²) < 4.78 is 10.4. The summed E-state index contributed by atoms with van der Waals surface area (Å²) in [6, 6.07) is 6.29. The van der Waals surface area contributed by atoms with Crippen molar-refractivity contribution < 1.29 is 9.53 Å². The number of benzene rings is 1. The van der Waals surface area contributed by atoms with Gasteiger partial charge < -0.3 is 14.2 Å². The van der Waals surface area contributed by atoms with Crippen LogP contribution in [0.5, 0.6) is 0 Å². The summed E-state index contributed by atoms with van der Waals surface area (Å²) in [6.07, 6.45) is 1.86. The Labute approximate surface area is 181 Å². The van der Waals surface area contributed by atoms with Crippen LogP contribution in [0.2, 0.25) is 0 Å². The number of aryl methyl sites for hydroxylation is 1. The smallest absolute Gasteiger partial charge is 0.249 e. The van der Waals surface area contributed by atoms with Crippen LogP contribution in [-0.2, 0) is 22.6 Å². The van der Waals surface area contributed by atoms with Crippen LogP contribution in [-0.4, -0.2) is 54.9 Å². The van der Waals surface area contributed by atoms with E-state index in [-0.39, 0.29) is 24.9 Å². The molecule has 28 heavy (non-hydrogen) atoms. The van der Waals surface area contributed by atoms with Crippen molar-refractivity contribution in [2.75, 3.05) is 19.8 Å². The Morgan fingerprint density at radius 2 is 2.18 bits per heavy atom. The molecule has 0 aliphatic carbocycles. The number of morpholine rings is 1. The third-order valence-electron chi connectivity index (χ3n) is 4.97. The quantitative estimate of drug-likeness (QED) is 0.385. The highest BCUT2D eigenvalue weighted by Gasteiger charge is 2.26. The summed E-state index contributed by atoms with van der Waals surface area (Å²) in [5.41, 5.74) is 4.14. The minimum Gasteiger partial charge on any atom is -0.370 e. The number of halogens is 2. The van der Waals surface area contributed by atoms with Gasteiger partial charge >= 0.3 is 0 Å². The normalized spacial score (nSPS) is 15.4. The second kappa shape index (κ2) is 7.45. The van der Waals surface area contributed by atoms with Crippen LogP contribution in [0.1, 0.15) is 17.2 Å². The van der Waals surface area contributed by atoms with Gasteiger partial charge in [0.2, 0.25) is 5.91 Å². The number of nitrogens with zero attached hydrogens (tertiary/aromatic N) is 6. The number of carbonyl (C=O) groups is 1. The van der Waals surface area contributed by atoms with Gasteiger partial charge in [-0.2, -0.15) is 5.10 Å². The molecule has 0 atom stereocenters. The van der Waals surface area contributed by atoms with E-state index < -0.39 is 0 Å². The summed E-state index contributed by atoms with van der Waals surface area (Å²) >= 11 is 2.31. The molecule has 0 radical (unpaired) electrons. The zero-order valence-corrected chi connectivity index (χ0v) is 18.1. The molecule has 2 aromatic heterocycles. The second-order valence-corrected chi connectivity index (χ2v) is 7.93. The number of rotatable bonds is 2. The molecule has 8 nitrogen and oxygen atoms in total. The number of fused-ring (bicyclic) bond motifs is 5. The number of imidazole rings is 1. The molecular formula is C18H18ClIN6O2. The monoisotopic (exact) mass is 512 g/mol. The molecule has 0 N–H and O–H groups in total. The lowest BCUT2D eigenvalue weighted by Gasteiger charge is -2.25. The molecule has 0 bridgehead atoms. The van der Waals surface area contributed by atoms with Crippen LogP contribution in [0.15, 0.2) is 24.5 Å². The molecule has 3 aromatic rings. The summed E-state index contributed by atoms with van der Waals surface area (Å²) in [5, 5.41) is 4.71. The number of ether oxygens (including phenoxy) is 1. The topological polar surface area (TPSA) is 78.1 Å². The number of carbonyl (C=O) groups excluding carboxylic acids is 1. The lowest BCUT2D eigenvalue weighted by Crippen LogP contribution is -2.41. The summed E-state index contributed by atoms with van der Waals surface area (Å²) in [6.45, 7) is 4.26. The highest BCUT2D eigenvalue weighted by atomic mass is 127. The van der Waals surface area contributed by atoms with Gasteiger partial charge in [-0.1, -0.05) is 0 Å². The molecule has 10 heteroatoms. The van der Waals surface area contributed by atoms with Crippen LogP contribution >= 0.6 is 35.0 Å². The van der Waals surface area contributed by atoms with Crippen molar-refractivity contribution in [1.82, 2.24) is 29.2 Å². The van der Waals surface area contributed by atoms with Crippen molar-refractivity contribution in [1.29, 1.82) is 0 Å². The van der Waals surface area contributed by atoms with E-state index in [0.717, 1.165) is 32.0 Å². The fourth-order valence-electron chi connectivity index (χ4n) is 3.55. The molecule has 0 spiro atoms. The predicted molar refractivity (Wildman–Crippen MR) is 113 cm³/mol. The summed E-state index contributed by atoms with van der Waals surface area (Å²) in [4.78, 5) is 23.1. The van der Waals surface area contributed by atoms with E-state index in [1.165, 1.54) is 0 Å². The van der Waals surface area contributed by atoms with Gasteiger partial charge in [-0.05, 0) is 47.7 Å². The van der Waals surface area contributed by atoms with Gasteiger partial charge in [0.15, 0.2) is 11.6 Å². The fraction of sp³-hybridized carbons (Fsp3) is 0.333. The Morgan fingerprint density at radius 1 is 1.32 bits per heavy atom. The molecule has 5 rings (SSSR count). The van der Waals surface area contributed by atoms with E-state index in [1.807, 2.05) is 17.9 Å². The molecule has 0 unspecified atom stereocenters. The third kappa shape index (κ3) is 3.20. The number of aromatic nitrogens is 5. The molecule has 1 saturated heterocycles. The highest BCUT2D eigenvalue weighted by molar-refractivity contribution is 14.1. The molecule has 1 aromatic carbocycles. The van der Waals surface area contributed by atoms with E-state index in [0.29, 0.717) is 32.1 Å².